The lowest BCUT2D eigenvalue weighted by atomic mass is 10.0. The highest BCUT2D eigenvalue weighted by atomic mass is 32.2. The maximum Gasteiger partial charge on any atom is 0.240 e. The lowest BCUT2D eigenvalue weighted by Crippen LogP contribution is -2.37. The first-order chi connectivity index (χ1) is 13.8. The van der Waals surface area contributed by atoms with Gasteiger partial charge in [-0.05, 0) is 75.0 Å². The number of anilines is 1. The summed E-state index contributed by atoms with van der Waals surface area (Å²) >= 11 is 0. The number of rotatable bonds is 6. The summed E-state index contributed by atoms with van der Waals surface area (Å²) in [6.07, 6.45) is 3.41. The highest BCUT2D eigenvalue weighted by Crippen LogP contribution is 2.32. The van der Waals surface area contributed by atoms with Gasteiger partial charge in [0.2, 0.25) is 10.0 Å². The molecule has 4 rings (SSSR count). The first kappa shape index (κ1) is 20.4. The Bertz CT molecular complexity index is 997. The molecule has 2 aliphatic heterocycles. The Morgan fingerprint density at radius 1 is 1.03 bits per heavy atom. The molecule has 0 saturated carbocycles. The summed E-state index contributed by atoms with van der Waals surface area (Å²) in [5, 5.41) is 0. The average molecular weight is 414 g/mol. The van der Waals surface area contributed by atoms with Gasteiger partial charge in [0, 0.05) is 31.9 Å². The van der Waals surface area contributed by atoms with Crippen LogP contribution >= 0.6 is 0 Å². The molecule has 0 radical (unpaired) electrons. The Kier molecular flexibility index (Phi) is 5.69. The zero-order chi connectivity index (χ0) is 20.6. The van der Waals surface area contributed by atoms with E-state index >= 15 is 0 Å². The van der Waals surface area contributed by atoms with Gasteiger partial charge in [0.1, 0.15) is 0 Å². The van der Waals surface area contributed by atoms with Crippen molar-refractivity contribution in [2.45, 2.75) is 44.0 Å². The van der Waals surface area contributed by atoms with Crippen molar-refractivity contribution in [2.75, 3.05) is 38.1 Å². The van der Waals surface area contributed by atoms with E-state index in [0.29, 0.717) is 11.4 Å². The van der Waals surface area contributed by atoms with E-state index in [1.165, 1.54) is 29.7 Å². The molecule has 2 aromatic rings. The van der Waals surface area contributed by atoms with Crippen LogP contribution in [-0.2, 0) is 16.4 Å². The second-order valence-corrected chi connectivity index (χ2v) is 10.2. The number of nitrogens with one attached hydrogen (secondary N) is 1. The molecule has 2 aliphatic rings. The Morgan fingerprint density at radius 3 is 2.52 bits per heavy atom. The first-order valence-electron chi connectivity index (χ1n) is 10.5. The van der Waals surface area contributed by atoms with Gasteiger partial charge in [-0.25, -0.2) is 13.1 Å². The Labute approximate surface area is 174 Å². The van der Waals surface area contributed by atoms with E-state index in [1.807, 2.05) is 26.0 Å². The largest absolute Gasteiger partial charge is 0.374 e. The number of likely N-dealkylation sites (tertiary alicyclic amines) is 1. The van der Waals surface area contributed by atoms with E-state index in [4.69, 9.17) is 0 Å². The summed E-state index contributed by atoms with van der Waals surface area (Å²) in [5.74, 6) is 0. The van der Waals surface area contributed by atoms with Crippen LogP contribution in [0.1, 0.15) is 41.1 Å². The molecule has 0 amide bonds. The molecule has 1 atom stereocenters. The third-order valence-electron chi connectivity index (χ3n) is 6.28. The maximum atomic E-state index is 13.0. The monoisotopic (exact) mass is 413 g/mol. The van der Waals surface area contributed by atoms with Gasteiger partial charge in [0.25, 0.3) is 0 Å². The van der Waals surface area contributed by atoms with E-state index in [-0.39, 0.29) is 6.04 Å². The fraction of sp³-hybridized carbons (Fsp3) is 0.478. The quantitative estimate of drug-likeness (QED) is 0.789. The molecule has 1 fully saturated rings. The van der Waals surface area contributed by atoms with Gasteiger partial charge >= 0.3 is 0 Å². The summed E-state index contributed by atoms with van der Waals surface area (Å²) in [5.41, 5.74) is 5.73. The summed E-state index contributed by atoms with van der Waals surface area (Å²) in [4.78, 5) is 5.08. The topological polar surface area (TPSA) is 52.7 Å². The zero-order valence-corrected chi connectivity index (χ0v) is 18.4. The van der Waals surface area contributed by atoms with E-state index in [0.717, 1.165) is 37.2 Å². The van der Waals surface area contributed by atoms with Crippen LogP contribution in [0.5, 0.6) is 0 Å². The lowest BCUT2D eigenvalue weighted by molar-refractivity contribution is 0.246. The van der Waals surface area contributed by atoms with Gasteiger partial charge in [0.15, 0.2) is 0 Å². The van der Waals surface area contributed by atoms with Crippen LogP contribution < -0.4 is 9.62 Å². The fourth-order valence-corrected chi connectivity index (χ4v) is 5.94. The van der Waals surface area contributed by atoms with Crippen molar-refractivity contribution < 1.29 is 8.42 Å². The van der Waals surface area contributed by atoms with Crippen molar-refractivity contribution in [2.24, 2.45) is 0 Å². The highest BCUT2D eigenvalue weighted by molar-refractivity contribution is 7.89. The molecule has 1 unspecified atom stereocenters. The molecule has 0 aromatic heterocycles. The average Bonchev–Trinajstić information content (AvgIpc) is 3.32. The van der Waals surface area contributed by atoms with E-state index in [1.54, 1.807) is 6.07 Å². The summed E-state index contributed by atoms with van der Waals surface area (Å²) in [6, 6.07) is 12.2. The Morgan fingerprint density at radius 2 is 1.79 bits per heavy atom. The van der Waals surface area contributed by atoms with Crippen LogP contribution in [0.15, 0.2) is 41.3 Å². The second kappa shape index (κ2) is 8.09. The molecule has 5 nitrogen and oxygen atoms in total. The van der Waals surface area contributed by atoms with Crippen LogP contribution in [0.2, 0.25) is 0 Å². The van der Waals surface area contributed by atoms with Crippen LogP contribution in [0.4, 0.5) is 5.69 Å². The Balaban J connectivity index is 1.58. The molecule has 1 saturated heterocycles. The Hall–Kier alpha value is -1.89. The van der Waals surface area contributed by atoms with Gasteiger partial charge in [-0.3, -0.25) is 4.90 Å². The molecule has 0 bridgehead atoms. The minimum atomic E-state index is -3.55. The number of benzene rings is 2. The fourth-order valence-electron chi connectivity index (χ4n) is 4.67. The van der Waals surface area contributed by atoms with Crippen LogP contribution in [-0.4, -0.2) is 46.5 Å². The van der Waals surface area contributed by atoms with Crippen molar-refractivity contribution in [1.82, 2.24) is 9.62 Å². The maximum absolute atomic E-state index is 13.0. The van der Waals surface area contributed by atoms with Crippen molar-refractivity contribution in [3.63, 3.8) is 0 Å². The number of hydrogen-bond donors (Lipinski definition) is 1. The predicted molar refractivity (Wildman–Crippen MR) is 118 cm³/mol. The standard InChI is InChI=1S/C23H31N3O2S/c1-17-6-9-23(18(2)14-17)29(27,28)24-16-22(26-11-4-5-12-26)19-7-8-21-20(15-19)10-13-25(21)3/h6-9,14-15,22,24H,4-5,10-13,16H2,1-3H3. The first-order valence-corrected chi connectivity index (χ1v) is 12.0. The molecule has 2 aromatic carbocycles. The van der Waals surface area contributed by atoms with E-state index in [9.17, 15) is 8.42 Å². The van der Waals surface area contributed by atoms with Crippen LogP contribution in [0.3, 0.4) is 0 Å². The van der Waals surface area contributed by atoms with Crippen molar-refractivity contribution in [3.8, 4) is 0 Å². The molecule has 0 aliphatic carbocycles. The highest BCUT2D eigenvalue weighted by Gasteiger charge is 2.27. The number of fused-ring (bicyclic) bond motifs is 1. The third kappa shape index (κ3) is 4.20. The molecule has 29 heavy (non-hydrogen) atoms. The second-order valence-electron chi connectivity index (χ2n) is 8.44. The number of aryl methyl sites for hydroxylation is 2. The van der Waals surface area contributed by atoms with Gasteiger partial charge in [-0.2, -0.15) is 0 Å². The van der Waals surface area contributed by atoms with Crippen LogP contribution in [0, 0.1) is 13.8 Å². The molecule has 1 N–H and O–H groups in total. The van der Waals surface area contributed by atoms with E-state index < -0.39 is 10.0 Å². The normalized spacial score (nSPS) is 18.2. The smallest absolute Gasteiger partial charge is 0.240 e. The molecular weight excluding hydrogens is 382 g/mol. The minimum absolute atomic E-state index is 0.0641. The predicted octanol–water partition coefficient (Wildman–Crippen LogP) is 3.41. The van der Waals surface area contributed by atoms with Gasteiger partial charge < -0.3 is 4.90 Å². The summed E-state index contributed by atoms with van der Waals surface area (Å²) < 4.78 is 28.9. The van der Waals surface area contributed by atoms with Crippen molar-refractivity contribution in [1.29, 1.82) is 0 Å². The minimum Gasteiger partial charge on any atom is -0.374 e. The summed E-state index contributed by atoms with van der Waals surface area (Å²) in [6.45, 7) is 7.32. The molecule has 0 spiro atoms. The van der Waals surface area contributed by atoms with E-state index in [2.05, 4.69) is 39.8 Å². The number of sulfonamides is 1. The lowest BCUT2D eigenvalue weighted by Gasteiger charge is -2.29. The van der Waals surface area contributed by atoms with Crippen LogP contribution in [0.25, 0.3) is 0 Å². The zero-order valence-electron chi connectivity index (χ0n) is 17.6. The third-order valence-corrected chi connectivity index (χ3v) is 7.87. The SMILES string of the molecule is Cc1ccc(S(=O)(=O)NCC(c2ccc3c(c2)CCN3C)N2CCCC2)c(C)c1. The van der Waals surface area contributed by atoms with Crippen molar-refractivity contribution in [3.05, 3.63) is 58.7 Å². The molecule has 156 valence electrons. The molecule has 2 heterocycles. The number of hydrogen-bond acceptors (Lipinski definition) is 4. The van der Waals surface area contributed by atoms with Gasteiger partial charge in [-0.15, -0.1) is 0 Å². The van der Waals surface area contributed by atoms with Gasteiger partial charge in [0.05, 0.1) is 4.90 Å². The number of nitrogens with zero attached hydrogens (tertiary/aromatic N) is 2. The van der Waals surface area contributed by atoms with Crippen molar-refractivity contribution >= 4 is 15.7 Å². The summed E-state index contributed by atoms with van der Waals surface area (Å²) in [7, 11) is -1.42. The molecule has 6 heteroatoms. The number of likely N-dealkylation sites (N-methyl/N-ethyl adjacent to an activating group) is 1. The molecular formula is C23H31N3O2S. The van der Waals surface area contributed by atoms with Gasteiger partial charge in [-0.1, -0.05) is 29.8 Å².